The summed E-state index contributed by atoms with van der Waals surface area (Å²) in [6, 6.07) is 6.05. The van der Waals surface area contributed by atoms with Gasteiger partial charge >= 0.3 is 6.36 Å². The highest BCUT2D eigenvalue weighted by atomic mass is 19.4. The fourth-order valence-corrected chi connectivity index (χ4v) is 1.27. The van der Waals surface area contributed by atoms with Gasteiger partial charge in [0.15, 0.2) is 0 Å². The van der Waals surface area contributed by atoms with Crippen LogP contribution in [0.1, 0.15) is 12.0 Å². The Balaban J connectivity index is 2.74. The summed E-state index contributed by atoms with van der Waals surface area (Å²) in [7, 11) is 1.81. The van der Waals surface area contributed by atoms with Crippen LogP contribution < -0.4 is 10.1 Å². The zero-order chi connectivity index (χ0) is 12.7. The second-order valence-electron chi connectivity index (χ2n) is 3.38. The van der Waals surface area contributed by atoms with E-state index in [9.17, 15) is 13.2 Å². The molecule has 0 aromatic heterocycles. The van der Waals surface area contributed by atoms with Crippen LogP contribution >= 0.6 is 0 Å². The van der Waals surface area contributed by atoms with Crippen molar-refractivity contribution in [2.24, 2.45) is 0 Å². The van der Waals surface area contributed by atoms with Crippen LogP contribution in [0.4, 0.5) is 13.2 Å². The minimum Gasteiger partial charge on any atom is -0.405 e. The van der Waals surface area contributed by atoms with Gasteiger partial charge in [0.05, 0.1) is 0 Å². The lowest BCUT2D eigenvalue weighted by molar-refractivity contribution is -0.274. The van der Waals surface area contributed by atoms with Gasteiger partial charge in [-0.05, 0) is 26.1 Å². The summed E-state index contributed by atoms with van der Waals surface area (Å²) in [5.74, 6) is -0.180. The number of nitrogens with one attached hydrogen (secondary N) is 1. The molecule has 1 aromatic carbocycles. The second kappa shape index (κ2) is 6.30. The molecule has 0 aliphatic rings. The molecule has 17 heavy (non-hydrogen) atoms. The molecule has 0 aliphatic heterocycles. The van der Waals surface area contributed by atoms with Crippen LogP contribution in [0.2, 0.25) is 0 Å². The van der Waals surface area contributed by atoms with E-state index in [0.717, 1.165) is 13.0 Å². The minimum atomic E-state index is -4.66. The molecule has 0 saturated heterocycles. The van der Waals surface area contributed by atoms with Gasteiger partial charge in [-0.2, -0.15) is 0 Å². The monoisotopic (exact) mass is 245 g/mol. The summed E-state index contributed by atoms with van der Waals surface area (Å²) in [4.78, 5) is 0. The molecule has 1 N–H and O–H groups in total. The number of ether oxygens (including phenoxy) is 1. The summed E-state index contributed by atoms with van der Waals surface area (Å²) in [6.07, 6.45) is -0.487. The third kappa shape index (κ3) is 5.40. The predicted molar refractivity (Wildman–Crippen MR) is 60.7 cm³/mol. The van der Waals surface area contributed by atoms with Crippen molar-refractivity contribution >= 4 is 6.08 Å². The van der Waals surface area contributed by atoms with Crippen LogP contribution in [0, 0.1) is 0 Å². The van der Waals surface area contributed by atoms with E-state index in [1.807, 2.05) is 7.05 Å². The molecule has 0 atom stereocenters. The van der Waals surface area contributed by atoms with Gasteiger partial charge in [-0.25, -0.2) is 0 Å². The minimum absolute atomic E-state index is 0.180. The van der Waals surface area contributed by atoms with E-state index in [-0.39, 0.29) is 5.75 Å². The molecular weight excluding hydrogens is 231 g/mol. The molecule has 1 rings (SSSR count). The van der Waals surface area contributed by atoms with Crippen molar-refractivity contribution < 1.29 is 17.9 Å². The maximum atomic E-state index is 12.1. The Kier molecular flexibility index (Phi) is 5.03. The standard InChI is InChI=1S/C12H14F3NO/c1-16-9-5-4-7-10-6-2-3-8-11(10)17-12(13,14)15/h2-4,6-8,16H,5,9H2,1H3. The Morgan fingerprint density at radius 2 is 2.00 bits per heavy atom. The summed E-state index contributed by atoms with van der Waals surface area (Å²) in [5.41, 5.74) is 0.418. The molecule has 0 spiro atoms. The quantitative estimate of drug-likeness (QED) is 0.804. The molecular formula is C12H14F3NO. The number of hydrogen-bond donors (Lipinski definition) is 1. The van der Waals surface area contributed by atoms with Crippen molar-refractivity contribution in [2.75, 3.05) is 13.6 Å². The van der Waals surface area contributed by atoms with Crippen molar-refractivity contribution in [2.45, 2.75) is 12.8 Å². The van der Waals surface area contributed by atoms with E-state index < -0.39 is 6.36 Å². The van der Waals surface area contributed by atoms with E-state index >= 15 is 0 Å². The van der Waals surface area contributed by atoms with Crippen molar-refractivity contribution in [1.82, 2.24) is 5.32 Å². The number of alkyl halides is 3. The maximum Gasteiger partial charge on any atom is 0.573 e. The first-order valence-corrected chi connectivity index (χ1v) is 5.19. The SMILES string of the molecule is CNCCC=Cc1ccccc1OC(F)(F)F. The Bertz CT molecular complexity index is 374. The highest BCUT2D eigenvalue weighted by Crippen LogP contribution is 2.26. The van der Waals surface area contributed by atoms with Gasteiger partial charge in [-0.1, -0.05) is 30.4 Å². The summed E-state index contributed by atoms with van der Waals surface area (Å²) >= 11 is 0. The van der Waals surface area contributed by atoms with Gasteiger partial charge in [0.2, 0.25) is 0 Å². The van der Waals surface area contributed by atoms with E-state index in [1.165, 1.54) is 12.1 Å². The summed E-state index contributed by atoms with van der Waals surface area (Å²) in [6.45, 7) is 0.777. The first kappa shape index (κ1) is 13.6. The summed E-state index contributed by atoms with van der Waals surface area (Å²) in [5, 5.41) is 2.94. The highest BCUT2D eigenvalue weighted by Gasteiger charge is 2.31. The highest BCUT2D eigenvalue weighted by molar-refractivity contribution is 5.57. The lowest BCUT2D eigenvalue weighted by Crippen LogP contribution is -2.17. The fraction of sp³-hybridized carbons (Fsp3) is 0.333. The Hall–Kier alpha value is -1.49. The van der Waals surface area contributed by atoms with Crippen LogP contribution in [0.25, 0.3) is 6.08 Å². The molecule has 5 heteroatoms. The molecule has 94 valence electrons. The molecule has 1 aromatic rings. The van der Waals surface area contributed by atoms with Crippen LogP contribution in [0.3, 0.4) is 0 Å². The fourth-order valence-electron chi connectivity index (χ4n) is 1.27. The van der Waals surface area contributed by atoms with E-state index in [0.29, 0.717) is 5.56 Å². The van der Waals surface area contributed by atoms with Crippen LogP contribution in [0.15, 0.2) is 30.3 Å². The van der Waals surface area contributed by atoms with Gasteiger partial charge in [-0.3, -0.25) is 0 Å². The molecule has 0 unspecified atom stereocenters. The predicted octanol–water partition coefficient (Wildman–Crippen LogP) is 3.21. The third-order valence-corrected chi connectivity index (χ3v) is 2.00. The Labute approximate surface area is 98.1 Å². The first-order chi connectivity index (χ1) is 8.03. The lowest BCUT2D eigenvalue weighted by atomic mass is 10.2. The van der Waals surface area contributed by atoms with E-state index in [2.05, 4.69) is 10.1 Å². The zero-order valence-electron chi connectivity index (χ0n) is 9.42. The van der Waals surface area contributed by atoms with Gasteiger partial charge in [-0.15, -0.1) is 13.2 Å². The molecule has 0 fully saturated rings. The second-order valence-corrected chi connectivity index (χ2v) is 3.38. The topological polar surface area (TPSA) is 21.3 Å². The Morgan fingerprint density at radius 3 is 2.65 bits per heavy atom. The smallest absolute Gasteiger partial charge is 0.405 e. The molecule has 0 aliphatic carbocycles. The molecule has 0 heterocycles. The number of halogens is 3. The van der Waals surface area contributed by atoms with Gasteiger partial charge in [0.1, 0.15) is 5.75 Å². The molecule has 0 radical (unpaired) electrons. The zero-order valence-corrected chi connectivity index (χ0v) is 9.42. The van der Waals surface area contributed by atoms with Gasteiger partial charge in [0.25, 0.3) is 0 Å². The lowest BCUT2D eigenvalue weighted by Gasteiger charge is -2.10. The maximum absolute atomic E-state index is 12.1. The van der Waals surface area contributed by atoms with Crippen molar-refractivity contribution in [3.63, 3.8) is 0 Å². The molecule has 2 nitrogen and oxygen atoms in total. The van der Waals surface area contributed by atoms with E-state index in [1.54, 1.807) is 24.3 Å². The Morgan fingerprint density at radius 1 is 1.29 bits per heavy atom. The summed E-state index contributed by atoms with van der Waals surface area (Å²) < 4.78 is 40.2. The number of rotatable bonds is 5. The number of benzene rings is 1. The van der Waals surface area contributed by atoms with Crippen molar-refractivity contribution in [3.8, 4) is 5.75 Å². The van der Waals surface area contributed by atoms with Crippen LogP contribution in [0.5, 0.6) is 5.75 Å². The van der Waals surface area contributed by atoms with E-state index in [4.69, 9.17) is 0 Å². The number of hydrogen-bond acceptors (Lipinski definition) is 2. The average molecular weight is 245 g/mol. The normalized spacial score (nSPS) is 12.0. The van der Waals surface area contributed by atoms with Crippen LogP contribution in [-0.2, 0) is 0 Å². The van der Waals surface area contributed by atoms with Crippen molar-refractivity contribution in [1.29, 1.82) is 0 Å². The van der Waals surface area contributed by atoms with Gasteiger partial charge in [0, 0.05) is 5.56 Å². The van der Waals surface area contributed by atoms with Gasteiger partial charge < -0.3 is 10.1 Å². The molecule has 0 bridgehead atoms. The van der Waals surface area contributed by atoms with Crippen molar-refractivity contribution in [3.05, 3.63) is 35.9 Å². The molecule has 0 amide bonds. The van der Waals surface area contributed by atoms with Crippen LogP contribution in [-0.4, -0.2) is 20.0 Å². The average Bonchev–Trinajstić information content (AvgIpc) is 2.24. The molecule has 0 saturated carbocycles. The first-order valence-electron chi connectivity index (χ1n) is 5.19. The largest absolute Gasteiger partial charge is 0.573 e. The third-order valence-electron chi connectivity index (χ3n) is 2.00. The number of para-hydroxylation sites is 1.